The number of anilines is 2. The molecule has 2 aromatic rings. The summed E-state index contributed by atoms with van der Waals surface area (Å²) in [5.41, 5.74) is 0.950. The van der Waals surface area contributed by atoms with Crippen molar-refractivity contribution in [3.05, 3.63) is 23.9 Å². The molecule has 0 radical (unpaired) electrons. The lowest BCUT2D eigenvalue weighted by atomic mass is 10.2. The van der Waals surface area contributed by atoms with Crippen LogP contribution in [-0.2, 0) is 4.74 Å². The van der Waals surface area contributed by atoms with Crippen LogP contribution in [0.4, 0.5) is 11.8 Å². The number of ether oxygens (including phenoxy) is 1. The Labute approximate surface area is 141 Å². The summed E-state index contributed by atoms with van der Waals surface area (Å²) in [6, 6.07) is 2.69. The molecular formula is C16H24N6O2. The van der Waals surface area contributed by atoms with E-state index in [1.54, 1.807) is 13.4 Å². The first-order valence-corrected chi connectivity index (χ1v) is 8.22. The van der Waals surface area contributed by atoms with Crippen LogP contribution in [0.1, 0.15) is 37.7 Å². The third-order valence-corrected chi connectivity index (χ3v) is 4.24. The SMILES string of the molecule is CO[C@H]1C[C@@H](CNc2nc(C(C)C)no2)N(c2cc(C)ncn2)C1. The van der Waals surface area contributed by atoms with Crippen molar-refractivity contribution in [2.75, 3.05) is 30.4 Å². The number of methoxy groups -OCH3 is 1. The largest absolute Gasteiger partial charge is 0.380 e. The second-order valence-corrected chi connectivity index (χ2v) is 6.41. The fourth-order valence-corrected chi connectivity index (χ4v) is 2.86. The van der Waals surface area contributed by atoms with Crippen LogP contribution in [0, 0.1) is 6.92 Å². The highest BCUT2D eigenvalue weighted by atomic mass is 16.5. The lowest BCUT2D eigenvalue weighted by Crippen LogP contribution is -2.35. The van der Waals surface area contributed by atoms with E-state index in [0.717, 1.165) is 24.5 Å². The van der Waals surface area contributed by atoms with Crippen molar-refractivity contribution in [3.8, 4) is 0 Å². The second kappa shape index (κ2) is 7.12. The maximum absolute atomic E-state index is 5.55. The molecular weight excluding hydrogens is 308 g/mol. The Morgan fingerprint density at radius 2 is 2.25 bits per heavy atom. The molecule has 0 aromatic carbocycles. The maximum atomic E-state index is 5.55. The Morgan fingerprint density at radius 1 is 1.42 bits per heavy atom. The molecule has 1 saturated heterocycles. The van der Waals surface area contributed by atoms with E-state index in [0.29, 0.717) is 18.4 Å². The van der Waals surface area contributed by atoms with E-state index in [1.165, 1.54) is 0 Å². The molecule has 0 amide bonds. The second-order valence-electron chi connectivity index (χ2n) is 6.41. The summed E-state index contributed by atoms with van der Waals surface area (Å²) in [6.07, 6.45) is 2.70. The molecule has 3 heterocycles. The average molecular weight is 332 g/mol. The molecule has 0 aliphatic carbocycles. The minimum Gasteiger partial charge on any atom is -0.380 e. The fourth-order valence-electron chi connectivity index (χ4n) is 2.86. The van der Waals surface area contributed by atoms with Crippen molar-refractivity contribution in [2.24, 2.45) is 0 Å². The van der Waals surface area contributed by atoms with E-state index in [-0.39, 0.29) is 18.1 Å². The molecule has 3 rings (SSSR count). The molecule has 0 saturated carbocycles. The Balaban J connectivity index is 1.69. The van der Waals surface area contributed by atoms with Crippen LogP contribution in [0.3, 0.4) is 0 Å². The van der Waals surface area contributed by atoms with Gasteiger partial charge in [0.05, 0.1) is 12.1 Å². The van der Waals surface area contributed by atoms with Crippen LogP contribution in [0.15, 0.2) is 16.9 Å². The van der Waals surface area contributed by atoms with E-state index < -0.39 is 0 Å². The predicted molar refractivity (Wildman–Crippen MR) is 90.2 cm³/mol. The maximum Gasteiger partial charge on any atom is 0.321 e. The van der Waals surface area contributed by atoms with E-state index in [2.05, 4.69) is 30.3 Å². The summed E-state index contributed by atoms with van der Waals surface area (Å²) in [5, 5.41) is 7.21. The monoisotopic (exact) mass is 332 g/mol. The van der Waals surface area contributed by atoms with Gasteiger partial charge in [-0.2, -0.15) is 4.98 Å². The lowest BCUT2D eigenvalue weighted by molar-refractivity contribution is 0.118. The molecule has 0 spiro atoms. The van der Waals surface area contributed by atoms with Crippen LogP contribution in [0.5, 0.6) is 0 Å². The zero-order chi connectivity index (χ0) is 17.1. The summed E-state index contributed by atoms with van der Waals surface area (Å²) in [4.78, 5) is 15.2. The van der Waals surface area contributed by atoms with Gasteiger partial charge in [0.2, 0.25) is 0 Å². The number of rotatable bonds is 6. The van der Waals surface area contributed by atoms with Crippen molar-refractivity contribution in [2.45, 2.75) is 45.3 Å². The van der Waals surface area contributed by atoms with E-state index in [1.807, 2.05) is 26.8 Å². The van der Waals surface area contributed by atoms with Gasteiger partial charge in [0, 0.05) is 37.9 Å². The molecule has 2 atom stereocenters. The van der Waals surface area contributed by atoms with Crippen molar-refractivity contribution < 1.29 is 9.26 Å². The van der Waals surface area contributed by atoms with Gasteiger partial charge in [-0.15, -0.1) is 0 Å². The van der Waals surface area contributed by atoms with E-state index in [4.69, 9.17) is 9.26 Å². The molecule has 130 valence electrons. The lowest BCUT2D eigenvalue weighted by Gasteiger charge is -2.25. The van der Waals surface area contributed by atoms with Crippen molar-refractivity contribution in [1.29, 1.82) is 0 Å². The van der Waals surface area contributed by atoms with E-state index >= 15 is 0 Å². The van der Waals surface area contributed by atoms with E-state index in [9.17, 15) is 0 Å². The summed E-state index contributed by atoms with van der Waals surface area (Å²) >= 11 is 0. The van der Waals surface area contributed by atoms with Crippen LogP contribution >= 0.6 is 0 Å². The van der Waals surface area contributed by atoms with Crippen LogP contribution in [-0.4, -0.2) is 52.5 Å². The Hall–Kier alpha value is -2.22. The standard InChI is InChI=1S/C16H24N6O2/c1-10(2)15-20-16(24-21-15)17-7-12-6-13(23-4)8-22(12)14-5-11(3)18-9-19-14/h5,9-10,12-13H,6-8H2,1-4H3,(H,17,20,21)/t12-,13-/m0/s1. The normalized spacial score (nSPS) is 20.8. The van der Waals surface area contributed by atoms with Crippen molar-refractivity contribution in [1.82, 2.24) is 20.1 Å². The molecule has 8 nitrogen and oxygen atoms in total. The molecule has 1 aliphatic rings. The molecule has 24 heavy (non-hydrogen) atoms. The van der Waals surface area contributed by atoms with Gasteiger partial charge in [0.1, 0.15) is 12.1 Å². The topological polar surface area (TPSA) is 89.2 Å². The number of aromatic nitrogens is 4. The van der Waals surface area contributed by atoms with Crippen molar-refractivity contribution >= 4 is 11.8 Å². The van der Waals surface area contributed by atoms with Gasteiger partial charge in [-0.25, -0.2) is 9.97 Å². The molecule has 0 unspecified atom stereocenters. The molecule has 2 aromatic heterocycles. The highest BCUT2D eigenvalue weighted by molar-refractivity contribution is 5.43. The van der Waals surface area contributed by atoms with Gasteiger partial charge >= 0.3 is 6.01 Å². The third kappa shape index (κ3) is 3.64. The Kier molecular flexibility index (Phi) is 4.94. The zero-order valence-electron chi connectivity index (χ0n) is 14.6. The zero-order valence-corrected chi connectivity index (χ0v) is 14.6. The van der Waals surface area contributed by atoms with Crippen LogP contribution in [0.2, 0.25) is 0 Å². The third-order valence-electron chi connectivity index (χ3n) is 4.24. The first kappa shape index (κ1) is 16.6. The highest BCUT2D eigenvalue weighted by Gasteiger charge is 2.33. The van der Waals surface area contributed by atoms with Gasteiger partial charge in [0.15, 0.2) is 5.82 Å². The molecule has 1 aliphatic heterocycles. The van der Waals surface area contributed by atoms with Gasteiger partial charge < -0.3 is 19.5 Å². The summed E-state index contributed by atoms with van der Waals surface area (Å²) in [7, 11) is 1.75. The van der Waals surface area contributed by atoms with Crippen LogP contribution in [0.25, 0.3) is 0 Å². The number of nitrogens with zero attached hydrogens (tertiary/aromatic N) is 5. The smallest absolute Gasteiger partial charge is 0.321 e. The summed E-state index contributed by atoms with van der Waals surface area (Å²) < 4.78 is 10.8. The van der Waals surface area contributed by atoms with Gasteiger partial charge in [0.25, 0.3) is 0 Å². The van der Waals surface area contributed by atoms with Gasteiger partial charge in [-0.1, -0.05) is 19.0 Å². The minimum absolute atomic E-state index is 0.181. The number of nitrogens with one attached hydrogen (secondary N) is 1. The number of hydrogen-bond acceptors (Lipinski definition) is 8. The summed E-state index contributed by atoms with van der Waals surface area (Å²) in [6.45, 7) is 7.53. The Bertz CT molecular complexity index is 674. The number of hydrogen-bond donors (Lipinski definition) is 1. The summed E-state index contributed by atoms with van der Waals surface area (Å²) in [5.74, 6) is 1.87. The minimum atomic E-state index is 0.181. The number of aryl methyl sites for hydroxylation is 1. The van der Waals surface area contributed by atoms with Gasteiger partial charge in [-0.05, 0) is 13.3 Å². The van der Waals surface area contributed by atoms with Crippen LogP contribution < -0.4 is 10.2 Å². The first-order valence-electron chi connectivity index (χ1n) is 8.22. The fraction of sp³-hybridized carbons (Fsp3) is 0.625. The Morgan fingerprint density at radius 3 is 2.92 bits per heavy atom. The van der Waals surface area contributed by atoms with Gasteiger partial charge in [-0.3, -0.25) is 0 Å². The predicted octanol–water partition coefficient (Wildman–Crippen LogP) is 2.00. The highest BCUT2D eigenvalue weighted by Crippen LogP contribution is 2.26. The quantitative estimate of drug-likeness (QED) is 0.859. The molecule has 0 bridgehead atoms. The molecule has 1 fully saturated rings. The van der Waals surface area contributed by atoms with Crippen molar-refractivity contribution in [3.63, 3.8) is 0 Å². The average Bonchev–Trinajstić information content (AvgIpc) is 3.19. The first-order chi connectivity index (χ1) is 11.6. The molecule has 1 N–H and O–H groups in total. The molecule has 8 heteroatoms.